The lowest BCUT2D eigenvalue weighted by Gasteiger charge is -2.13. The number of rotatable bonds is 7. The van der Waals surface area contributed by atoms with E-state index in [4.69, 9.17) is 9.47 Å². The van der Waals surface area contributed by atoms with Gasteiger partial charge in [-0.15, -0.1) is 0 Å². The Hall–Kier alpha value is -2.64. The van der Waals surface area contributed by atoms with Gasteiger partial charge in [0.15, 0.2) is 17.8 Å². The first-order valence-electron chi connectivity index (χ1n) is 6.05. The summed E-state index contributed by atoms with van der Waals surface area (Å²) in [5.41, 5.74) is -0.478. The van der Waals surface area contributed by atoms with E-state index in [2.05, 4.69) is 0 Å². The van der Waals surface area contributed by atoms with E-state index < -0.39 is 4.92 Å². The zero-order valence-electron chi connectivity index (χ0n) is 12.0. The Morgan fingerprint density at radius 1 is 1.38 bits per heavy atom. The highest BCUT2D eigenvalue weighted by Crippen LogP contribution is 2.34. The number of nitro benzene ring substituents is 1. The fourth-order valence-corrected chi connectivity index (χ4v) is 1.56. The van der Waals surface area contributed by atoms with Crippen LogP contribution >= 0.6 is 0 Å². The molecule has 0 fully saturated rings. The maximum Gasteiger partial charge on any atom is 0.283 e. The maximum absolute atomic E-state index is 11.4. The summed E-state index contributed by atoms with van der Waals surface area (Å²) in [7, 11) is 4.59. The van der Waals surface area contributed by atoms with Crippen LogP contribution in [0.3, 0.4) is 0 Å². The summed E-state index contributed by atoms with van der Waals surface area (Å²) in [5, 5.41) is 10.9. The molecule has 0 saturated heterocycles. The van der Waals surface area contributed by atoms with Gasteiger partial charge in [-0.25, -0.2) is 0 Å². The molecule has 0 aromatic heterocycles. The van der Waals surface area contributed by atoms with Crippen LogP contribution in [0.15, 0.2) is 12.1 Å². The Morgan fingerprint density at radius 3 is 2.52 bits per heavy atom. The number of carbonyl (C=O) groups is 2. The van der Waals surface area contributed by atoms with Gasteiger partial charge < -0.3 is 14.4 Å². The van der Waals surface area contributed by atoms with Crippen molar-refractivity contribution < 1.29 is 24.0 Å². The maximum atomic E-state index is 11.4. The summed E-state index contributed by atoms with van der Waals surface area (Å²) in [6.07, 6.45) is 0.499. The second kappa shape index (κ2) is 7.22. The lowest BCUT2D eigenvalue weighted by Crippen LogP contribution is -2.23. The average Bonchev–Trinajstić information content (AvgIpc) is 2.46. The molecule has 0 aliphatic carbocycles. The molecule has 1 aromatic carbocycles. The monoisotopic (exact) mass is 296 g/mol. The van der Waals surface area contributed by atoms with Crippen LogP contribution in [0.2, 0.25) is 0 Å². The van der Waals surface area contributed by atoms with E-state index in [1.807, 2.05) is 0 Å². The van der Waals surface area contributed by atoms with Crippen molar-refractivity contribution in [2.45, 2.75) is 6.42 Å². The molecule has 0 atom stereocenters. The molecule has 114 valence electrons. The van der Waals surface area contributed by atoms with Crippen LogP contribution in [0, 0.1) is 10.1 Å². The van der Waals surface area contributed by atoms with Crippen LogP contribution in [0.5, 0.6) is 11.5 Å². The molecular weight excluding hydrogens is 280 g/mol. The van der Waals surface area contributed by atoms with Gasteiger partial charge in [0.2, 0.25) is 5.91 Å². The zero-order valence-corrected chi connectivity index (χ0v) is 12.0. The lowest BCUT2D eigenvalue weighted by molar-refractivity contribution is -0.385. The topological polar surface area (TPSA) is 99.0 Å². The molecule has 0 spiro atoms. The third-order valence-electron chi connectivity index (χ3n) is 2.71. The molecule has 0 aliphatic rings. The number of nitrogens with zero attached hydrogens (tertiary/aromatic N) is 2. The standard InChI is InChI=1S/C13H16N2O6/c1-14(2)13(17)4-5-21-12-7-10(15(18)19)9(8-16)6-11(12)20-3/h6-8H,4-5H2,1-3H3. The molecule has 0 bridgehead atoms. The Bertz CT molecular complexity index is 556. The predicted octanol–water partition coefficient (Wildman–Crippen LogP) is 1.27. The highest BCUT2D eigenvalue weighted by Gasteiger charge is 2.19. The Labute approximate surface area is 121 Å². The number of nitro groups is 1. The molecule has 0 N–H and O–H groups in total. The average molecular weight is 296 g/mol. The molecule has 8 heteroatoms. The molecule has 1 aromatic rings. The molecular formula is C13H16N2O6. The third-order valence-corrected chi connectivity index (χ3v) is 2.71. The fourth-order valence-electron chi connectivity index (χ4n) is 1.56. The van der Waals surface area contributed by atoms with E-state index in [0.29, 0.717) is 6.29 Å². The van der Waals surface area contributed by atoms with Crippen LogP contribution in [-0.4, -0.2) is 49.8 Å². The van der Waals surface area contributed by atoms with E-state index in [-0.39, 0.29) is 41.7 Å². The summed E-state index contributed by atoms with van der Waals surface area (Å²) >= 11 is 0. The van der Waals surface area contributed by atoms with Crippen LogP contribution in [0.25, 0.3) is 0 Å². The van der Waals surface area contributed by atoms with Gasteiger partial charge in [0.25, 0.3) is 5.69 Å². The van der Waals surface area contributed by atoms with E-state index in [9.17, 15) is 19.7 Å². The molecule has 21 heavy (non-hydrogen) atoms. The van der Waals surface area contributed by atoms with Gasteiger partial charge in [-0.05, 0) is 0 Å². The summed E-state index contributed by atoms with van der Waals surface area (Å²) in [4.78, 5) is 33.9. The van der Waals surface area contributed by atoms with Gasteiger partial charge in [0.05, 0.1) is 36.7 Å². The van der Waals surface area contributed by atoms with Gasteiger partial charge >= 0.3 is 0 Å². The second-order valence-electron chi connectivity index (χ2n) is 4.32. The first-order valence-corrected chi connectivity index (χ1v) is 6.05. The van der Waals surface area contributed by atoms with Crippen molar-refractivity contribution in [1.82, 2.24) is 4.90 Å². The van der Waals surface area contributed by atoms with Crippen LogP contribution in [0.4, 0.5) is 5.69 Å². The van der Waals surface area contributed by atoms with Crippen LogP contribution in [0.1, 0.15) is 16.8 Å². The minimum absolute atomic E-state index is 0.0466. The SMILES string of the molecule is COc1cc(C=O)c([N+](=O)[O-])cc1OCCC(=O)N(C)C. The number of hydrogen-bond acceptors (Lipinski definition) is 6. The smallest absolute Gasteiger partial charge is 0.283 e. The van der Waals surface area contributed by atoms with E-state index in [1.165, 1.54) is 18.1 Å². The van der Waals surface area contributed by atoms with Crippen molar-refractivity contribution in [3.63, 3.8) is 0 Å². The number of ether oxygens (including phenoxy) is 2. The Balaban J connectivity index is 2.95. The van der Waals surface area contributed by atoms with Gasteiger partial charge in [-0.2, -0.15) is 0 Å². The van der Waals surface area contributed by atoms with Crippen LogP contribution in [-0.2, 0) is 4.79 Å². The Morgan fingerprint density at radius 2 is 2.05 bits per heavy atom. The fraction of sp³-hybridized carbons (Fsp3) is 0.385. The summed E-state index contributed by atoms with van der Waals surface area (Å²) in [6.45, 7) is 0.0466. The third kappa shape index (κ3) is 4.16. The van der Waals surface area contributed by atoms with Gasteiger partial charge in [0, 0.05) is 20.2 Å². The predicted molar refractivity (Wildman–Crippen MR) is 73.8 cm³/mol. The lowest BCUT2D eigenvalue weighted by atomic mass is 10.1. The summed E-state index contributed by atoms with van der Waals surface area (Å²) < 4.78 is 10.4. The number of benzene rings is 1. The van der Waals surface area contributed by atoms with Crippen molar-refractivity contribution in [3.05, 3.63) is 27.8 Å². The molecule has 1 rings (SSSR count). The van der Waals surface area contributed by atoms with Gasteiger partial charge in [-0.1, -0.05) is 0 Å². The second-order valence-corrected chi connectivity index (χ2v) is 4.32. The summed E-state index contributed by atoms with van der Waals surface area (Å²) in [5.74, 6) is 0.175. The first-order chi connectivity index (χ1) is 9.90. The molecule has 8 nitrogen and oxygen atoms in total. The summed E-state index contributed by atoms with van der Waals surface area (Å²) in [6, 6.07) is 2.34. The van der Waals surface area contributed by atoms with Crippen molar-refractivity contribution >= 4 is 17.9 Å². The Kier molecular flexibility index (Phi) is 5.65. The molecule has 1 amide bonds. The number of aldehydes is 1. The molecule has 0 aliphatic heterocycles. The van der Waals surface area contributed by atoms with Crippen molar-refractivity contribution in [2.24, 2.45) is 0 Å². The van der Waals surface area contributed by atoms with Crippen molar-refractivity contribution in [1.29, 1.82) is 0 Å². The number of methoxy groups -OCH3 is 1. The number of carbonyl (C=O) groups excluding carboxylic acids is 2. The molecule has 0 unspecified atom stereocenters. The van der Waals surface area contributed by atoms with Crippen LogP contribution < -0.4 is 9.47 Å². The molecule has 0 saturated carbocycles. The van der Waals surface area contributed by atoms with Gasteiger partial charge in [0.1, 0.15) is 0 Å². The van der Waals surface area contributed by atoms with E-state index in [0.717, 1.165) is 6.07 Å². The largest absolute Gasteiger partial charge is 0.493 e. The van der Waals surface area contributed by atoms with E-state index in [1.54, 1.807) is 14.1 Å². The minimum Gasteiger partial charge on any atom is -0.493 e. The molecule has 0 radical (unpaired) electrons. The van der Waals surface area contributed by atoms with Gasteiger partial charge in [-0.3, -0.25) is 19.7 Å². The van der Waals surface area contributed by atoms with E-state index >= 15 is 0 Å². The van der Waals surface area contributed by atoms with Crippen molar-refractivity contribution in [3.8, 4) is 11.5 Å². The number of amides is 1. The normalized spacial score (nSPS) is 9.86. The highest BCUT2D eigenvalue weighted by molar-refractivity contribution is 5.83. The van der Waals surface area contributed by atoms with Crippen molar-refractivity contribution in [2.75, 3.05) is 27.8 Å². The number of hydrogen-bond donors (Lipinski definition) is 0. The quantitative estimate of drug-likeness (QED) is 0.427. The molecule has 0 heterocycles. The highest BCUT2D eigenvalue weighted by atomic mass is 16.6. The zero-order chi connectivity index (χ0) is 16.0. The minimum atomic E-state index is -0.680. The first kappa shape index (κ1) is 16.4.